The van der Waals surface area contributed by atoms with Gasteiger partial charge in [-0.15, -0.1) is 0 Å². The van der Waals surface area contributed by atoms with E-state index in [2.05, 4.69) is 42.1 Å². The third kappa shape index (κ3) is 3.90. The molecule has 0 aromatic carbocycles. The molecule has 21 heavy (non-hydrogen) atoms. The van der Waals surface area contributed by atoms with Gasteiger partial charge in [0.25, 0.3) is 5.56 Å². The Labute approximate surface area is 125 Å². The molecule has 2 aromatic heterocycles. The van der Waals surface area contributed by atoms with Crippen LogP contribution in [-0.2, 0) is 19.5 Å². The zero-order chi connectivity index (χ0) is 15.2. The monoisotopic (exact) mass is 286 g/mol. The summed E-state index contributed by atoms with van der Waals surface area (Å²) >= 11 is 0. The van der Waals surface area contributed by atoms with E-state index in [1.54, 1.807) is 23.2 Å². The van der Waals surface area contributed by atoms with Crippen LogP contribution < -0.4 is 10.9 Å². The normalized spacial score (nSPS) is 10.9. The Kier molecular flexibility index (Phi) is 5.09. The highest BCUT2D eigenvalue weighted by Crippen LogP contribution is 2.07. The molecule has 2 aromatic rings. The van der Waals surface area contributed by atoms with Gasteiger partial charge >= 0.3 is 0 Å². The second-order valence-electron chi connectivity index (χ2n) is 5.44. The van der Waals surface area contributed by atoms with Crippen molar-refractivity contribution in [3.63, 3.8) is 0 Å². The van der Waals surface area contributed by atoms with E-state index in [0.29, 0.717) is 24.8 Å². The zero-order valence-electron chi connectivity index (χ0n) is 12.8. The Morgan fingerprint density at radius 2 is 2.10 bits per heavy atom. The van der Waals surface area contributed by atoms with Crippen molar-refractivity contribution < 1.29 is 0 Å². The molecule has 0 atom stereocenters. The van der Waals surface area contributed by atoms with Crippen molar-refractivity contribution in [1.82, 2.24) is 14.5 Å². The second kappa shape index (κ2) is 7.02. The van der Waals surface area contributed by atoms with E-state index in [0.717, 1.165) is 12.1 Å². The number of aryl methyl sites for hydroxylation is 1. The van der Waals surface area contributed by atoms with E-state index < -0.39 is 0 Å². The Morgan fingerprint density at radius 1 is 1.29 bits per heavy atom. The number of nitrogens with zero attached hydrogens (tertiary/aromatic N) is 3. The summed E-state index contributed by atoms with van der Waals surface area (Å²) in [5.41, 5.74) is 2.06. The molecule has 0 radical (unpaired) electrons. The molecule has 0 aliphatic rings. The van der Waals surface area contributed by atoms with Gasteiger partial charge in [-0.2, -0.15) is 0 Å². The largest absolute Gasteiger partial charge is 0.360 e. The predicted octanol–water partition coefficient (Wildman–Crippen LogP) is 2.47. The predicted molar refractivity (Wildman–Crippen MR) is 84.3 cm³/mol. The highest BCUT2D eigenvalue weighted by atomic mass is 16.1. The topological polar surface area (TPSA) is 59.8 Å². The minimum Gasteiger partial charge on any atom is -0.360 e. The molecule has 0 bridgehead atoms. The van der Waals surface area contributed by atoms with Gasteiger partial charge in [0, 0.05) is 25.1 Å². The Morgan fingerprint density at radius 3 is 2.81 bits per heavy atom. The molecule has 1 N–H and O–H groups in total. The van der Waals surface area contributed by atoms with Gasteiger partial charge in [0.1, 0.15) is 0 Å². The standard InChI is InChI=1S/C16H22N4O/c1-4-13-6-5-7-17-14(13)10-19-15-16(21)20(9-8-18-15)11-12(2)3/h5-9,12H,4,10-11H2,1-3H3,(H,18,19). The average molecular weight is 286 g/mol. The molecule has 0 aliphatic heterocycles. The van der Waals surface area contributed by atoms with Crippen LogP contribution in [0, 0.1) is 5.92 Å². The maximum Gasteiger partial charge on any atom is 0.293 e. The highest BCUT2D eigenvalue weighted by molar-refractivity contribution is 5.33. The van der Waals surface area contributed by atoms with Crippen molar-refractivity contribution >= 4 is 5.82 Å². The Bertz CT molecular complexity index is 649. The first-order valence-corrected chi connectivity index (χ1v) is 7.34. The minimum atomic E-state index is -0.0832. The van der Waals surface area contributed by atoms with Crippen molar-refractivity contribution in [3.8, 4) is 0 Å². The van der Waals surface area contributed by atoms with E-state index in [4.69, 9.17) is 0 Å². The Hall–Kier alpha value is -2.17. The number of nitrogens with one attached hydrogen (secondary N) is 1. The van der Waals surface area contributed by atoms with Crippen LogP contribution in [-0.4, -0.2) is 14.5 Å². The maximum absolute atomic E-state index is 12.3. The van der Waals surface area contributed by atoms with Gasteiger partial charge in [0.05, 0.1) is 12.2 Å². The van der Waals surface area contributed by atoms with Crippen molar-refractivity contribution in [2.45, 2.75) is 40.3 Å². The van der Waals surface area contributed by atoms with Crippen LogP contribution in [0.1, 0.15) is 32.0 Å². The highest BCUT2D eigenvalue weighted by Gasteiger charge is 2.07. The molecule has 2 heterocycles. The number of pyridine rings is 1. The molecule has 0 spiro atoms. The van der Waals surface area contributed by atoms with Crippen LogP contribution in [0.2, 0.25) is 0 Å². The van der Waals surface area contributed by atoms with E-state index in [1.165, 1.54) is 5.56 Å². The Balaban J connectivity index is 2.15. The van der Waals surface area contributed by atoms with Crippen molar-refractivity contribution in [2.24, 2.45) is 5.92 Å². The number of aromatic nitrogens is 3. The van der Waals surface area contributed by atoms with Crippen molar-refractivity contribution in [1.29, 1.82) is 0 Å². The van der Waals surface area contributed by atoms with Gasteiger partial charge < -0.3 is 9.88 Å². The fourth-order valence-electron chi connectivity index (χ4n) is 2.23. The van der Waals surface area contributed by atoms with E-state index in [1.807, 2.05) is 6.07 Å². The fourth-order valence-corrected chi connectivity index (χ4v) is 2.23. The molecule has 0 saturated carbocycles. The third-order valence-electron chi connectivity index (χ3n) is 3.26. The van der Waals surface area contributed by atoms with Crippen molar-refractivity contribution in [3.05, 3.63) is 52.3 Å². The first-order valence-electron chi connectivity index (χ1n) is 7.34. The van der Waals surface area contributed by atoms with Gasteiger partial charge in [0.15, 0.2) is 5.82 Å². The van der Waals surface area contributed by atoms with Gasteiger partial charge in [-0.3, -0.25) is 9.78 Å². The average Bonchev–Trinajstić information content (AvgIpc) is 2.48. The first-order chi connectivity index (χ1) is 10.1. The van der Waals surface area contributed by atoms with E-state index >= 15 is 0 Å². The lowest BCUT2D eigenvalue weighted by atomic mass is 10.1. The van der Waals surface area contributed by atoms with Crippen molar-refractivity contribution in [2.75, 3.05) is 5.32 Å². The third-order valence-corrected chi connectivity index (χ3v) is 3.26. The second-order valence-corrected chi connectivity index (χ2v) is 5.44. The summed E-state index contributed by atoms with van der Waals surface area (Å²) in [6.07, 6.45) is 6.08. The zero-order valence-corrected chi connectivity index (χ0v) is 12.8. The number of rotatable bonds is 6. The molecule has 5 nitrogen and oxygen atoms in total. The van der Waals surface area contributed by atoms with Crippen LogP contribution in [0.15, 0.2) is 35.5 Å². The summed E-state index contributed by atoms with van der Waals surface area (Å²) in [4.78, 5) is 20.8. The van der Waals surface area contributed by atoms with Gasteiger partial charge in [-0.1, -0.05) is 26.8 Å². The number of hydrogen-bond donors (Lipinski definition) is 1. The number of anilines is 1. The molecule has 112 valence electrons. The number of hydrogen-bond acceptors (Lipinski definition) is 4. The summed E-state index contributed by atoms with van der Waals surface area (Å²) in [5, 5.41) is 3.11. The summed E-state index contributed by atoms with van der Waals surface area (Å²) in [5.74, 6) is 0.797. The van der Waals surface area contributed by atoms with Crippen LogP contribution in [0.3, 0.4) is 0 Å². The van der Waals surface area contributed by atoms with Gasteiger partial charge in [0.2, 0.25) is 0 Å². The van der Waals surface area contributed by atoms with Crippen LogP contribution >= 0.6 is 0 Å². The molecular formula is C16H22N4O. The summed E-state index contributed by atoms with van der Waals surface area (Å²) in [6, 6.07) is 3.98. The van der Waals surface area contributed by atoms with E-state index in [9.17, 15) is 4.79 Å². The molecule has 0 unspecified atom stereocenters. The maximum atomic E-state index is 12.3. The smallest absolute Gasteiger partial charge is 0.293 e. The summed E-state index contributed by atoms with van der Waals surface area (Å²) < 4.78 is 1.69. The SMILES string of the molecule is CCc1cccnc1CNc1nccn(CC(C)C)c1=O. The van der Waals surface area contributed by atoms with Crippen LogP contribution in [0.4, 0.5) is 5.82 Å². The molecule has 0 aliphatic carbocycles. The summed E-state index contributed by atoms with van der Waals surface area (Å²) in [7, 11) is 0. The molecule has 0 fully saturated rings. The molecule has 0 amide bonds. The quantitative estimate of drug-likeness (QED) is 0.886. The van der Waals surface area contributed by atoms with Crippen LogP contribution in [0.25, 0.3) is 0 Å². The van der Waals surface area contributed by atoms with Crippen LogP contribution in [0.5, 0.6) is 0 Å². The lowest BCUT2D eigenvalue weighted by molar-refractivity contribution is 0.509. The molecular weight excluding hydrogens is 264 g/mol. The fraction of sp³-hybridized carbons (Fsp3) is 0.438. The van der Waals surface area contributed by atoms with Gasteiger partial charge in [-0.25, -0.2) is 4.98 Å². The summed E-state index contributed by atoms with van der Waals surface area (Å²) in [6.45, 7) is 7.47. The lowest BCUT2D eigenvalue weighted by Gasteiger charge is -2.11. The molecule has 5 heteroatoms. The van der Waals surface area contributed by atoms with E-state index in [-0.39, 0.29) is 5.56 Å². The minimum absolute atomic E-state index is 0.0832. The van der Waals surface area contributed by atoms with Gasteiger partial charge in [-0.05, 0) is 24.0 Å². The first kappa shape index (κ1) is 15.2. The molecule has 0 saturated heterocycles. The lowest BCUT2D eigenvalue weighted by Crippen LogP contribution is -2.26. The molecule has 2 rings (SSSR count).